The van der Waals surface area contributed by atoms with Crippen molar-refractivity contribution in [1.82, 2.24) is 0 Å². The molecule has 202 valence electrons. The maximum absolute atomic E-state index is 13.8. The second-order valence-corrected chi connectivity index (χ2v) is 11.9. The Balaban J connectivity index is 1.34. The van der Waals surface area contributed by atoms with Crippen LogP contribution < -0.4 is 4.90 Å². The Labute approximate surface area is 242 Å². The summed E-state index contributed by atoms with van der Waals surface area (Å²) in [6, 6.07) is 38.0. The molecule has 0 N–H and O–H groups in total. The van der Waals surface area contributed by atoms with E-state index in [0.717, 1.165) is 29.0 Å². The van der Waals surface area contributed by atoms with Crippen molar-refractivity contribution in [1.29, 1.82) is 0 Å². The van der Waals surface area contributed by atoms with Crippen molar-refractivity contribution >= 4 is 22.9 Å². The lowest BCUT2D eigenvalue weighted by molar-refractivity contribution is 0.103. The van der Waals surface area contributed by atoms with E-state index in [0.29, 0.717) is 22.3 Å². The number of benzene rings is 5. The Bertz CT molecular complexity index is 1770. The molecule has 41 heavy (non-hydrogen) atoms. The van der Waals surface area contributed by atoms with Gasteiger partial charge in [-0.1, -0.05) is 93.1 Å². The maximum atomic E-state index is 13.8. The summed E-state index contributed by atoms with van der Waals surface area (Å²) in [4.78, 5) is 29.5. The third-order valence-corrected chi connectivity index (χ3v) is 7.91. The number of aryl methyl sites for hydroxylation is 1. The van der Waals surface area contributed by atoms with Gasteiger partial charge in [0.05, 0.1) is 0 Å². The van der Waals surface area contributed by atoms with E-state index >= 15 is 0 Å². The van der Waals surface area contributed by atoms with Crippen molar-refractivity contribution in [3.05, 3.63) is 154 Å². The number of nitrogens with zero attached hydrogens (tertiary/aromatic N) is 1. The number of hydrogen-bond acceptors (Lipinski definition) is 3. The van der Waals surface area contributed by atoms with Crippen LogP contribution in [0, 0.1) is 6.92 Å². The number of ketones is 2. The first-order chi connectivity index (χ1) is 19.7. The minimum atomic E-state index is -0.222. The van der Waals surface area contributed by atoms with Crippen LogP contribution in [0.15, 0.2) is 115 Å². The van der Waals surface area contributed by atoms with Crippen LogP contribution >= 0.6 is 0 Å². The molecule has 1 aliphatic rings. The Kier molecular flexibility index (Phi) is 6.67. The second kappa shape index (κ2) is 10.3. The molecule has 0 atom stereocenters. The van der Waals surface area contributed by atoms with Gasteiger partial charge in [0.15, 0.2) is 11.6 Å². The van der Waals surface area contributed by atoms with E-state index in [2.05, 4.69) is 74.2 Å². The molecule has 0 fully saturated rings. The molecule has 0 unspecified atom stereocenters. The predicted molar refractivity (Wildman–Crippen MR) is 167 cm³/mol. The van der Waals surface area contributed by atoms with Gasteiger partial charge in [0.1, 0.15) is 0 Å². The van der Waals surface area contributed by atoms with Gasteiger partial charge in [0.25, 0.3) is 0 Å². The lowest BCUT2D eigenvalue weighted by atomic mass is 9.83. The summed E-state index contributed by atoms with van der Waals surface area (Å²) in [5.41, 5.74) is 10.0. The number of rotatable bonds is 5. The summed E-state index contributed by atoms with van der Waals surface area (Å²) in [5.74, 6) is -0.172. The first-order valence-electron chi connectivity index (χ1n) is 14.1. The van der Waals surface area contributed by atoms with Gasteiger partial charge in [-0.15, -0.1) is 0 Å². The van der Waals surface area contributed by atoms with E-state index in [1.165, 1.54) is 16.7 Å². The van der Waals surface area contributed by atoms with E-state index in [9.17, 15) is 9.59 Å². The zero-order chi connectivity index (χ0) is 28.7. The summed E-state index contributed by atoms with van der Waals surface area (Å²) in [6.45, 7) is 9.05. The highest BCUT2D eigenvalue weighted by atomic mass is 16.1. The van der Waals surface area contributed by atoms with Crippen LogP contribution in [0.1, 0.15) is 69.3 Å². The van der Waals surface area contributed by atoms with Crippen molar-refractivity contribution < 1.29 is 9.59 Å². The fraction of sp³-hybridized carbons (Fsp3) is 0.158. The first kappa shape index (κ1) is 26.5. The van der Waals surface area contributed by atoms with Crippen LogP contribution in [-0.4, -0.2) is 11.6 Å². The number of anilines is 2. The van der Waals surface area contributed by atoms with Crippen LogP contribution in [0.5, 0.6) is 0 Å². The molecule has 0 saturated heterocycles. The smallest absolute Gasteiger partial charge is 0.193 e. The highest BCUT2D eigenvalue weighted by Crippen LogP contribution is 2.42. The fourth-order valence-corrected chi connectivity index (χ4v) is 5.50. The van der Waals surface area contributed by atoms with Gasteiger partial charge in [-0.3, -0.25) is 9.59 Å². The first-order valence-corrected chi connectivity index (χ1v) is 14.1. The minimum Gasteiger partial charge on any atom is -0.336 e. The van der Waals surface area contributed by atoms with Crippen molar-refractivity contribution in [2.45, 2.75) is 39.7 Å². The molecular weight excluding hydrogens is 502 g/mol. The van der Waals surface area contributed by atoms with Crippen molar-refractivity contribution in [3.63, 3.8) is 0 Å². The number of fused-ring (bicyclic) bond motifs is 3. The molecule has 0 amide bonds. The molecule has 0 bridgehead atoms. The molecule has 0 spiro atoms. The van der Waals surface area contributed by atoms with E-state index in [-0.39, 0.29) is 17.0 Å². The summed E-state index contributed by atoms with van der Waals surface area (Å²) in [7, 11) is 0. The SMILES string of the molecule is Cc1ccc(C(=O)c2cc(C(=O)c3ccc(N4Cc5ccccc5-c5ccccc54)cc3)cc(C(C)(C)C)c2)cc1. The lowest BCUT2D eigenvalue weighted by Crippen LogP contribution is -2.21. The average molecular weight is 536 g/mol. The summed E-state index contributed by atoms with van der Waals surface area (Å²) < 4.78 is 0. The standard InChI is InChI=1S/C38H33NO2/c1-25-13-15-26(16-14-25)36(40)29-21-30(23-31(22-29)38(2,3)4)37(41)27-17-19-32(20-18-27)39-24-28-9-5-6-10-33(28)34-11-7-8-12-35(34)39/h5-23H,24H2,1-4H3. The maximum Gasteiger partial charge on any atom is 0.193 e. The third-order valence-electron chi connectivity index (χ3n) is 7.91. The monoisotopic (exact) mass is 535 g/mol. The quantitative estimate of drug-likeness (QED) is 0.211. The predicted octanol–water partition coefficient (Wildman–Crippen LogP) is 9.07. The normalized spacial score (nSPS) is 12.4. The van der Waals surface area contributed by atoms with Crippen molar-refractivity contribution in [2.75, 3.05) is 4.90 Å². The minimum absolute atomic E-state index is 0.0791. The number of carbonyl (C=O) groups excluding carboxylic acids is 2. The molecule has 0 aliphatic carbocycles. The molecule has 1 aliphatic heterocycles. The number of para-hydroxylation sites is 1. The van der Waals surface area contributed by atoms with Gasteiger partial charge >= 0.3 is 0 Å². The molecule has 6 rings (SSSR count). The van der Waals surface area contributed by atoms with Gasteiger partial charge in [-0.25, -0.2) is 0 Å². The summed E-state index contributed by atoms with van der Waals surface area (Å²) in [5, 5.41) is 0. The molecular formula is C38H33NO2. The third kappa shape index (κ3) is 5.12. The zero-order valence-corrected chi connectivity index (χ0v) is 23.9. The van der Waals surface area contributed by atoms with E-state index < -0.39 is 0 Å². The molecule has 3 heteroatoms. The van der Waals surface area contributed by atoms with Crippen molar-refractivity contribution in [3.8, 4) is 11.1 Å². The molecule has 1 heterocycles. The highest BCUT2D eigenvalue weighted by Gasteiger charge is 2.24. The van der Waals surface area contributed by atoms with Gasteiger partial charge in [0.2, 0.25) is 0 Å². The zero-order valence-electron chi connectivity index (χ0n) is 23.9. The van der Waals surface area contributed by atoms with Crippen LogP contribution in [0.2, 0.25) is 0 Å². The van der Waals surface area contributed by atoms with Gasteiger partial charge in [-0.05, 0) is 77.6 Å². The summed E-state index contributed by atoms with van der Waals surface area (Å²) in [6.07, 6.45) is 0. The molecule has 0 aromatic heterocycles. The molecule has 5 aromatic rings. The van der Waals surface area contributed by atoms with Crippen LogP contribution in [0.4, 0.5) is 11.4 Å². The van der Waals surface area contributed by atoms with E-state index in [4.69, 9.17) is 0 Å². The molecule has 5 aromatic carbocycles. The van der Waals surface area contributed by atoms with Crippen LogP contribution in [-0.2, 0) is 12.0 Å². The molecule has 0 radical (unpaired) electrons. The van der Waals surface area contributed by atoms with Crippen LogP contribution in [0.25, 0.3) is 11.1 Å². The van der Waals surface area contributed by atoms with Crippen molar-refractivity contribution in [2.24, 2.45) is 0 Å². The Morgan fingerprint density at radius 1 is 0.610 bits per heavy atom. The van der Waals surface area contributed by atoms with E-state index in [1.807, 2.05) is 67.6 Å². The molecule has 3 nitrogen and oxygen atoms in total. The highest BCUT2D eigenvalue weighted by molar-refractivity contribution is 6.13. The van der Waals surface area contributed by atoms with E-state index in [1.54, 1.807) is 6.07 Å². The molecule has 0 saturated carbocycles. The Morgan fingerprint density at radius 3 is 1.76 bits per heavy atom. The van der Waals surface area contributed by atoms with Gasteiger partial charge in [0, 0.05) is 45.7 Å². The average Bonchev–Trinajstić information content (AvgIpc) is 3.00. The Hall–Kier alpha value is -4.76. The van der Waals surface area contributed by atoms with Crippen LogP contribution in [0.3, 0.4) is 0 Å². The number of hydrogen-bond donors (Lipinski definition) is 0. The topological polar surface area (TPSA) is 37.4 Å². The Morgan fingerprint density at radius 2 is 1.15 bits per heavy atom. The summed E-state index contributed by atoms with van der Waals surface area (Å²) >= 11 is 0. The largest absolute Gasteiger partial charge is 0.336 e. The second-order valence-electron chi connectivity index (χ2n) is 11.9. The van der Waals surface area contributed by atoms with Gasteiger partial charge in [-0.2, -0.15) is 0 Å². The van der Waals surface area contributed by atoms with Gasteiger partial charge < -0.3 is 4.90 Å². The number of carbonyl (C=O) groups is 2. The fourth-order valence-electron chi connectivity index (χ4n) is 5.50. The lowest BCUT2D eigenvalue weighted by Gasteiger charge is -2.33.